The van der Waals surface area contributed by atoms with Crippen molar-refractivity contribution in [3.05, 3.63) is 73.6 Å². The number of hydrogen-bond acceptors (Lipinski definition) is 3. The first kappa shape index (κ1) is 17.8. The predicted molar refractivity (Wildman–Crippen MR) is 99.5 cm³/mol. The molecule has 0 aliphatic carbocycles. The number of phenols is 1. The third-order valence-corrected chi connectivity index (χ3v) is 4.80. The molecule has 1 heterocycles. The van der Waals surface area contributed by atoms with E-state index in [1.54, 1.807) is 25.1 Å². The fourth-order valence-electron chi connectivity index (χ4n) is 2.82. The lowest BCUT2D eigenvalue weighted by Gasteiger charge is -2.08. The zero-order valence-electron chi connectivity index (χ0n) is 13.7. The molecule has 4 nitrogen and oxygen atoms in total. The highest BCUT2D eigenvalue weighted by atomic mass is 35.5. The van der Waals surface area contributed by atoms with Crippen LogP contribution in [-0.4, -0.2) is 11.7 Å². The second-order valence-corrected chi connectivity index (χ2v) is 6.79. The Hall–Kier alpha value is -2.01. The van der Waals surface area contributed by atoms with Gasteiger partial charge in [-0.1, -0.05) is 29.3 Å². The summed E-state index contributed by atoms with van der Waals surface area (Å²) < 4.78 is 5.26. The number of nitrogens with two attached hydrogens (primary N) is 1. The van der Waals surface area contributed by atoms with E-state index in [1.807, 2.05) is 12.1 Å². The summed E-state index contributed by atoms with van der Waals surface area (Å²) in [5, 5.41) is 14.0. The average Bonchev–Trinajstić information content (AvgIpc) is 2.57. The number of rotatable bonds is 5. The number of phenolic OH excluding ortho intramolecular Hbond substituents is 1. The number of benzene rings is 2. The van der Waals surface area contributed by atoms with Crippen LogP contribution >= 0.6 is 23.2 Å². The zero-order chi connectivity index (χ0) is 18.0. The Morgan fingerprint density at radius 3 is 2.68 bits per heavy atom. The molecule has 0 radical (unpaired) electrons. The average molecular weight is 379 g/mol. The van der Waals surface area contributed by atoms with E-state index in [0.717, 1.165) is 29.5 Å². The summed E-state index contributed by atoms with van der Waals surface area (Å²) >= 11 is 12.1. The fourth-order valence-corrected chi connectivity index (χ4v) is 3.33. The molecule has 3 aromatic rings. The largest absolute Gasteiger partial charge is 0.508 e. The predicted octanol–water partition coefficient (Wildman–Crippen LogP) is 3.42. The molecule has 2 aromatic carbocycles. The lowest BCUT2D eigenvalue weighted by atomic mass is 10.1. The molecule has 6 heteroatoms. The van der Waals surface area contributed by atoms with Gasteiger partial charge in [0.1, 0.15) is 17.9 Å². The van der Waals surface area contributed by atoms with Crippen LogP contribution in [-0.2, 0) is 13.0 Å². The highest BCUT2D eigenvalue weighted by Gasteiger charge is 2.12. The third-order valence-electron chi connectivity index (χ3n) is 4.22. The molecule has 0 amide bonds. The lowest BCUT2D eigenvalue weighted by molar-refractivity contribution is -0.670. The van der Waals surface area contributed by atoms with Crippen LogP contribution in [0.25, 0.3) is 11.0 Å². The summed E-state index contributed by atoms with van der Waals surface area (Å²) in [6.45, 7) is 3.19. The Kier molecular flexibility index (Phi) is 5.33. The van der Waals surface area contributed by atoms with E-state index < -0.39 is 5.63 Å². The molecule has 0 aliphatic heterocycles. The Morgan fingerprint density at radius 2 is 1.92 bits per heavy atom. The van der Waals surface area contributed by atoms with Gasteiger partial charge in [0.05, 0.1) is 6.54 Å². The van der Waals surface area contributed by atoms with E-state index in [2.05, 4.69) is 5.32 Å². The van der Waals surface area contributed by atoms with Crippen molar-refractivity contribution >= 4 is 34.2 Å². The summed E-state index contributed by atoms with van der Waals surface area (Å²) in [5.74, 6) is 0.120. The van der Waals surface area contributed by atoms with Crippen molar-refractivity contribution in [1.82, 2.24) is 0 Å². The van der Waals surface area contributed by atoms with E-state index in [9.17, 15) is 9.90 Å². The van der Waals surface area contributed by atoms with E-state index in [4.69, 9.17) is 27.6 Å². The summed E-state index contributed by atoms with van der Waals surface area (Å²) in [4.78, 5) is 11.8. The molecule has 3 rings (SSSR count). The molecule has 3 N–H and O–H groups in total. The maximum Gasteiger partial charge on any atom is 0.336 e. The molecule has 0 spiro atoms. The topological polar surface area (TPSA) is 67.1 Å². The van der Waals surface area contributed by atoms with Crippen molar-refractivity contribution < 1.29 is 14.8 Å². The second kappa shape index (κ2) is 7.48. The molecule has 0 atom stereocenters. The standard InChI is InChI=1S/C19H17Cl2NO3/c1-11-17(23)5-4-15-13(8-18(24)25-19(11)15)10-22-7-6-12-2-3-14(20)9-16(12)21/h2-5,8-9,22-23H,6-7,10H2,1H3/p+1. The van der Waals surface area contributed by atoms with Crippen molar-refractivity contribution in [1.29, 1.82) is 0 Å². The van der Waals surface area contributed by atoms with Gasteiger partial charge in [-0.05, 0) is 36.8 Å². The normalized spacial score (nSPS) is 11.2. The van der Waals surface area contributed by atoms with Gasteiger partial charge in [-0.2, -0.15) is 0 Å². The van der Waals surface area contributed by atoms with Crippen LogP contribution in [0, 0.1) is 6.92 Å². The molecule has 0 saturated heterocycles. The maximum absolute atomic E-state index is 11.8. The lowest BCUT2D eigenvalue weighted by Crippen LogP contribution is -2.83. The highest BCUT2D eigenvalue weighted by Crippen LogP contribution is 2.27. The number of halogens is 2. The SMILES string of the molecule is Cc1c(O)ccc2c(C[NH2+]CCc3ccc(Cl)cc3Cl)cc(=O)oc12. The Balaban J connectivity index is 1.73. The molecular weight excluding hydrogens is 361 g/mol. The molecule has 1 aromatic heterocycles. The van der Waals surface area contributed by atoms with Crippen LogP contribution in [0.2, 0.25) is 10.0 Å². The van der Waals surface area contributed by atoms with Crippen LogP contribution in [0.4, 0.5) is 0 Å². The zero-order valence-corrected chi connectivity index (χ0v) is 15.2. The van der Waals surface area contributed by atoms with E-state index >= 15 is 0 Å². The summed E-state index contributed by atoms with van der Waals surface area (Å²) in [6, 6.07) is 10.4. The van der Waals surface area contributed by atoms with Crippen LogP contribution < -0.4 is 10.9 Å². The van der Waals surface area contributed by atoms with Gasteiger partial charge in [-0.25, -0.2) is 4.79 Å². The summed E-state index contributed by atoms with van der Waals surface area (Å²) in [6.07, 6.45) is 0.801. The minimum Gasteiger partial charge on any atom is -0.508 e. The molecule has 0 unspecified atom stereocenters. The van der Waals surface area contributed by atoms with Gasteiger partial charge < -0.3 is 14.8 Å². The minimum atomic E-state index is -0.412. The van der Waals surface area contributed by atoms with Gasteiger partial charge in [-0.3, -0.25) is 0 Å². The van der Waals surface area contributed by atoms with Crippen molar-refractivity contribution in [3.8, 4) is 5.75 Å². The number of hydrogen-bond donors (Lipinski definition) is 2. The van der Waals surface area contributed by atoms with Gasteiger partial charge in [0.2, 0.25) is 0 Å². The quantitative estimate of drug-likeness (QED) is 0.527. The van der Waals surface area contributed by atoms with Crippen molar-refractivity contribution in [3.63, 3.8) is 0 Å². The van der Waals surface area contributed by atoms with Gasteiger partial charge >= 0.3 is 5.63 Å². The van der Waals surface area contributed by atoms with E-state index in [0.29, 0.717) is 27.7 Å². The van der Waals surface area contributed by atoms with Gasteiger partial charge in [-0.15, -0.1) is 0 Å². The minimum absolute atomic E-state index is 0.120. The Bertz CT molecular complexity index is 982. The number of fused-ring (bicyclic) bond motifs is 1. The molecular formula is C19H18Cl2NO3+. The number of aromatic hydroxyl groups is 1. The van der Waals surface area contributed by atoms with Crippen LogP contribution in [0.3, 0.4) is 0 Å². The highest BCUT2D eigenvalue weighted by molar-refractivity contribution is 6.35. The first-order valence-corrected chi connectivity index (χ1v) is 8.72. The van der Waals surface area contributed by atoms with E-state index in [-0.39, 0.29) is 5.75 Å². The monoisotopic (exact) mass is 378 g/mol. The van der Waals surface area contributed by atoms with Crippen LogP contribution in [0.1, 0.15) is 16.7 Å². The molecule has 0 saturated carbocycles. The molecule has 0 fully saturated rings. The Labute approximate surface area is 155 Å². The third kappa shape index (κ3) is 3.98. The summed E-state index contributed by atoms with van der Waals surface area (Å²) in [5.41, 5.74) is 2.53. The smallest absolute Gasteiger partial charge is 0.336 e. The first-order chi connectivity index (χ1) is 12.0. The van der Waals surface area contributed by atoms with Gasteiger partial charge in [0.25, 0.3) is 0 Å². The number of aryl methyl sites for hydroxylation is 1. The van der Waals surface area contributed by atoms with Crippen LogP contribution in [0.15, 0.2) is 45.6 Å². The van der Waals surface area contributed by atoms with E-state index in [1.165, 1.54) is 6.07 Å². The molecule has 0 aliphatic rings. The first-order valence-electron chi connectivity index (χ1n) is 7.96. The fraction of sp³-hybridized carbons (Fsp3) is 0.211. The van der Waals surface area contributed by atoms with Gasteiger partial charge in [0.15, 0.2) is 0 Å². The van der Waals surface area contributed by atoms with Crippen molar-refractivity contribution in [2.45, 2.75) is 19.9 Å². The maximum atomic E-state index is 11.8. The molecule has 130 valence electrons. The second-order valence-electron chi connectivity index (χ2n) is 5.94. The Morgan fingerprint density at radius 1 is 1.12 bits per heavy atom. The number of quaternary nitrogens is 1. The summed E-state index contributed by atoms with van der Waals surface area (Å²) in [7, 11) is 0. The molecule has 25 heavy (non-hydrogen) atoms. The van der Waals surface area contributed by atoms with Crippen molar-refractivity contribution in [2.24, 2.45) is 0 Å². The molecule has 0 bridgehead atoms. The van der Waals surface area contributed by atoms with Crippen molar-refractivity contribution in [2.75, 3.05) is 6.54 Å². The van der Waals surface area contributed by atoms with Gasteiger partial charge in [0, 0.05) is 39.0 Å². The van der Waals surface area contributed by atoms with Crippen LogP contribution in [0.5, 0.6) is 5.75 Å².